The Bertz CT molecular complexity index is 1250. The predicted molar refractivity (Wildman–Crippen MR) is 127 cm³/mol. The molecule has 0 radical (unpaired) electrons. The Morgan fingerprint density at radius 1 is 0.944 bits per heavy atom. The van der Waals surface area contributed by atoms with Gasteiger partial charge in [-0.2, -0.15) is 13.2 Å². The molecule has 0 aliphatic heterocycles. The van der Waals surface area contributed by atoms with E-state index in [9.17, 15) is 27.9 Å². The van der Waals surface area contributed by atoms with E-state index in [0.717, 1.165) is 29.8 Å². The first kappa shape index (κ1) is 26.6. The van der Waals surface area contributed by atoms with Crippen molar-refractivity contribution in [1.82, 2.24) is 5.32 Å². The summed E-state index contributed by atoms with van der Waals surface area (Å²) in [6.07, 6.45) is -4.47. The summed E-state index contributed by atoms with van der Waals surface area (Å²) in [5, 5.41) is 12.0. The Kier molecular flexibility index (Phi) is 7.62. The Labute approximate surface area is 206 Å². The Hall–Kier alpha value is -4.01. The van der Waals surface area contributed by atoms with Crippen molar-refractivity contribution >= 4 is 11.9 Å². The summed E-state index contributed by atoms with van der Waals surface area (Å²) in [4.78, 5) is 23.8. The third kappa shape index (κ3) is 6.56. The standard InChI is InChI=1S/C27H26F3NO5/c1-16-14-22(12-13-23(16)36-26(3,4)25(33)34)35-21-7-5-6-19(15-21)17(2)31-24(32)18-8-10-20(11-9-18)27(28,29)30/h5-15,17H,1-4H3,(H,31,32)(H,33,34)/t17-/m1/s1. The average molecular weight is 502 g/mol. The molecule has 0 aliphatic carbocycles. The van der Waals surface area contributed by atoms with Gasteiger partial charge in [-0.25, -0.2) is 4.79 Å². The molecule has 0 spiro atoms. The van der Waals surface area contributed by atoms with Crippen molar-refractivity contribution in [3.8, 4) is 17.2 Å². The number of carbonyl (C=O) groups excluding carboxylic acids is 1. The van der Waals surface area contributed by atoms with Gasteiger partial charge in [-0.3, -0.25) is 4.79 Å². The van der Waals surface area contributed by atoms with Gasteiger partial charge in [0.2, 0.25) is 0 Å². The van der Waals surface area contributed by atoms with E-state index in [-0.39, 0.29) is 5.56 Å². The van der Waals surface area contributed by atoms with E-state index in [1.54, 1.807) is 56.3 Å². The minimum atomic E-state index is -4.47. The molecular weight excluding hydrogens is 475 g/mol. The SMILES string of the molecule is Cc1cc(Oc2cccc([C@@H](C)NC(=O)c3ccc(C(F)(F)F)cc3)c2)ccc1OC(C)(C)C(=O)O. The van der Waals surface area contributed by atoms with Gasteiger partial charge in [0.15, 0.2) is 5.60 Å². The number of benzene rings is 3. The van der Waals surface area contributed by atoms with E-state index in [4.69, 9.17) is 9.47 Å². The minimum absolute atomic E-state index is 0.117. The first-order valence-electron chi connectivity index (χ1n) is 11.1. The van der Waals surface area contributed by atoms with Crippen molar-refractivity contribution in [2.45, 2.75) is 45.5 Å². The number of amides is 1. The number of hydrogen-bond donors (Lipinski definition) is 2. The first-order valence-corrected chi connectivity index (χ1v) is 11.1. The lowest BCUT2D eigenvalue weighted by Gasteiger charge is -2.23. The van der Waals surface area contributed by atoms with Crippen molar-refractivity contribution in [3.63, 3.8) is 0 Å². The molecule has 0 fully saturated rings. The number of aliphatic carboxylic acids is 1. The molecule has 9 heteroatoms. The molecule has 0 bridgehead atoms. The lowest BCUT2D eigenvalue weighted by atomic mass is 10.1. The largest absolute Gasteiger partial charge is 0.478 e. The molecule has 6 nitrogen and oxygen atoms in total. The molecule has 36 heavy (non-hydrogen) atoms. The fourth-order valence-corrected chi connectivity index (χ4v) is 3.28. The van der Waals surface area contributed by atoms with Crippen LogP contribution >= 0.6 is 0 Å². The van der Waals surface area contributed by atoms with Crippen molar-refractivity contribution in [2.75, 3.05) is 0 Å². The van der Waals surface area contributed by atoms with Crippen LogP contribution in [0.1, 0.15) is 53.9 Å². The normalized spacial score (nSPS) is 12.5. The van der Waals surface area contributed by atoms with Crippen LogP contribution < -0.4 is 14.8 Å². The van der Waals surface area contributed by atoms with E-state index < -0.39 is 35.3 Å². The molecule has 190 valence electrons. The van der Waals surface area contributed by atoms with Gasteiger partial charge in [-0.1, -0.05) is 12.1 Å². The molecule has 0 aromatic heterocycles. The van der Waals surface area contributed by atoms with Crippen LogP contribution in [-0.4, -0.2) is 22.6 Å². The van der Waals surface area contributed by atoms with Gasteiger partial charge in [0.25, 0.3) is 5.91 Å². The van der Waals surface area contributed by atoms with Crippen molar-refractivity contribution in [2.24, 2.45) is 0 Å². The second-order valence-electron chi connectivity index (χ2n) is 8.79. The summed E-state index contributed by atoms with van der Waals surface area (Å²) < 4.78 is 49.7. The zero-order valence-electron chi connectivity index (χ0n) is 20.1. The summed E-state index contributed by atoms with van der Waals surface area (Å²) in [6.45, 7) is 6.45. The quantitative estimate of drug-likeness (QED) is 0.366. The predicted octanol–water partition coefficient (Wildman–Crippen LogP) is 6.54. The number of halogens is 3. The number of carboxylic acid groups (broad SMARTS) is 1. The highest BCUT2D eigenvalue weighted by molar-refractivity contribution is 5.94. The summed E-state index contributed by atoms with van der Waals surface area (Å²) in [7, 11) is 0. The Morgan fingerprint density at radius 2 is 1.58 bits per heavy atom. The van der Waals surface area contributed by atoms with Crippen LogP contribution in [0, 0.1) is 6.92 Å². The number of carbonyl (C=O) groups is 2. The van der Waals surface area contributed by atoms with Crippen LogP contribution in [0.2, 0.25) is 0 Å². The molecule has 1 amide bonds. The maximum atomic E-state index is 12.7. The summed E-state index contributed by atoms with van der Waals surface area (Å²) in [6, 6.07) is 15.6. The van der Waals surface area contributed by atoms with Gasteiger partial charge in [0.05, 0.1) is 11.6 Å². The van der Waals surface area contributed by atoms with Crippen LogP contribution in [-0.2, 0) is 11.0 Å². The zero-order chi connectivity index (χ0) is 26.7. The highest BCUT2D eigenvalue weighted by Crippen LogP contribution is 2.31. The molecule has 0 saturated heterocycles. The summed E-state index contributed by atoms with van der Waals surface area (Å²) in [5.41, 5.74) is -0.672. The third-order valence-electron chi connectivity index (χ3n) is 5.44. The molecule has 0 saturated carbocycles. The molecule has 1 atom stereocenters. The third-order valence-corrected chi connectivity index (χ3v) is 5.44. The van der Waals surface area contributed by atoms with E-state index in [1.165, 1.54) is 13.8 Å². The average Bonchev–Trinajstić information content (AvgIpc) is 2.80. The lowest BCUT2D eigenvalue weighted by molar-refractivity contribution is -0.152. The van der Waals surface area contributed by atoms with Gasteiger partial charge in [-0.15, -0.1) is 0 Å². The number of carboxylic acids is 1. The number of rotatable bonds is 8. The monoisotopic (exact) mass is 501 g/mol. The maximum Gasteiger partial charge on any atom is 0.416 e. The molecular formula is C27H26F3NO5. The van der Waals surface area contributed by atoms with Crippen LogP contribution in [0.25, 0.3) is 0 Å². The van der Waals surface area contributed by atoms with Crippen LogP contribution in [0.3, 0.4) is 0 Å². The molecule has 0 unspecified atom stereocenters. The number of alkyl halides is 3. The lowest BCUT2D eigenvalue weighted by Crippen LogP contribution is -2.38. The van der Waals surface area contributed by atoms with E-state index in [2.05, 4.69) is 5.32 Å². The molecule has 3 aromatic carbocycles. The fraction of sp³-hybridized carbons (Fsp3) is 0.259. The second-order valence-corrected chi connectivity index (χ2v) is 8.79. The minimum Gasteiger partial charge on any atom is -0.478 e. The number of nitrogens with one attached hydrogen (secondary N) is 1. The topological polar surface area (TPSA) is 84.9 Å². The molecule has 2 N–H and O–H groups in total. The van der Waals surface area contributed by atoms with Crippen molar-refractivity contribution in [1.29, 1.82) is 0 Å². The van der Waals surface area contributed by atoms with E-state index in [1.807, 2.05) is 0 Å². The molecule has 3 rings (SSSR count). The highest BCUT2D eigenvalue weighted by Gasteiger charge is 2.31. The summed E-state index contributed by atoms with van der Waals surface area (Å²) >= 11 is 0. The maximum absolute atomic E-state index is 12.7. The molecule has 0 heterocycles. The number of hydrogen-bond acceptors (Lipinski definition) is 4. The van der Waals surface area contributed by atoms with Gasteiger partial charge in [0, 0.05) is 5.56 Å². The molecule has 3 aromatic rings. The highest BCUT2D eigenvalue weighted by atomic mass is 19.4. The Morgan fingerprint density at radius 3 is 2.17 bits per heavy atom. The van der Waals surface area contributed by atoms with Gasteiger partial charge in [-0.05, 0) is 93.4 Å². The van der Waals surface area contributed by atoms with Gasteiger partial charge >= 0.3 is 12.1 Å². The second kappa shape index (κ2) is 10.3. The fourth-order valence-electron chi connectivity index (χ4n) is 3.28. The number of ether oxygens (including phenoxy) is 2. The molecule has 0 aliphatic rings. The van der Waals surface area contributed by atoms with Crippen molar-refractivity contribution < 1.29 is 37.3 Å². The van der Waals surface area contributed by atoms with Crippen molar-refractivity contribution in [3.05, 3.63) is 89.0 Å². The zero-order valence-corrected chi connectivity index (χ0v) is 20.1. The van der Waals surface area contributed by atoms with Crippen LogP contribution in [0.15, 0.2) is 66.7 Å². The van der Waals surface area contributed by atoms with Crippen LogP contribution in [0.5, 0.6) is 17.2 Å². The van der Waals surface area contributed by atoms with Crippen LogP contribution in [0.4, 0.5) is 13.2 Å². The van der Waals surface area contributed by atoms with E-state index >= 15 is 0 Å². The van der Waals surface area contributed by atoms with E-state index in [0.29, 0.717) is 22.8 Å². The Balaban J connectivity index is 1.68. The van der Waals surface area contributed by atoms with Gasteiger partial charge < -0.3 is 19.9 Å². The smallest absolute Gasteiger partial charge is 0.416 e. The first-order chi connectivity index (χ1) is 16.8. The van der Waals surface area contributed by atoms with Gasteiger partial charge in [0.1, 0.15) is 17.2 Å². The summed E-state index contributed by atoms with van der Waals surface area (Å²) in [5.74, 6) is -0.159. The number of aryl methyl sites for hydroxylation is 1.